The van der Waals surface area contributed by atoms with Gasteiger partial charge < -0.3 is 4.79 Å². The van der Waals surface area contributed by atoms with Crippen LogP contribution in [0.4, 0.5) is 0 Å². The molecule has 0 fully saturated rings. The fourth-order valence-corrected chi connectivity index (χ4v) is 1.25. The van der Waals surface area contributed by atoms with E-state index < -0.39 is 0 Å². The van der Waals surface area contributed by atoms with Gasteiger partial charge in [-0.25, -0.2) is 0 Å². The summed E-state index contributed by atoms with van der Waals surface area (Å²) in [5.74, 6) is 0. The highest BCUT2D eigenvalue weighted by molar-refractivity contribution is 5.53. The molecule has 0 spiro atoms. The molecule has 0 radical (unpaired) electrons. The first-order valence-corrected chi connectivity index (χ1v) is 4.91. The molecule has 1 aromatic rings. The van der Waals surface area contributed by atoms with E-state index in [1.807, 2.05) is 6.08 Å². The molecule has 1 nitrogen and oxygen atoms in total. The van der Waals surface area contributed by atoms with E-state index >= 15 is 0 Å². The van der Waals surface area contributed by atoms with E-state index in [-0.39, 0.29) is 0 Å². The Morgan fingerprint density at radius 2 is 1.93 bits per heavy atom. The van der Waals surface area contributed by atoms with Crippen LogP contribution in [0.2, 0.25) is 0 Å². The number of benzene rings is 1. The van der Waals surface area contributed by atoms with E-state index in [0.717, 1.165) is 12.7 Å². The Balaban J connectivity index is 2.63. The van der Waals surface area contributed by atoms with Crippen LogP contribution in [0.15, 0.2) is 24.3 Å². The summed E-state index contributed by atoms with van der Waals surface area (Å²) in [5, 5.41) is 0. The van der Waals surface area contributed by atoms with Crippen molar-refractivity contribution in [1.29, 1.82) is 0 Å². The molecule has 0 aromatic heterocycles. The van der Waals surface area contributed by atoms with E-state index in [9.17, 15) is 4.79 Å². The zero-order chi connectivity index (χ0) is 10.4. The maximum Gasteiger partial charge on any atom is 0.120 e. The minimum absolute atomic E-state index is 0.612. The van der Waals surface area contributed by atoms with E-state index in [1.165, 1.54) is 16.7 Å². The van der Waals surface area contributed by atoms with Crippen molar-refractivity contribution in [3.05, 3.63) is 41.0 Å². The first-order valence-electron chi connectivity index (χ1n) is 4.91. The highest BCUT2D eigenvalue weighted by Gasteiger charge is 1.92. The largest absolute Gasteiger partial charge is 0.303 e. The maximum absolute atomic E-state index is 10.1. The van der Waals surface area contributed by atoms with Gasteiger partial charge in [-0.3, -0.25) is 0 Å². The van der Waals surface area contributed by atoms with Gasteiger partial charge in [0.25, 0.3) is 0 Å². The summed E-state index contributed by atoms with van der Waals surface area (Å²) in [7, 11) is 0. The number of carbonyl (C=O) groups is 1. The molecule has 0 atom stereocenters. The molecule has 0 unspecified atom stereocenters. The lowest BCUT2D eigenvalue weighted by Crippen LogP contribution is -1.81. The molecule has 1 aromatic carbocycles. The third kappa shape index (κ3) is 3.17. The Kier molecular flexibility index (Phi) is 4.11. The van der Waals surface area contributed by atoms with Gasteiger partial charge in [-0.15, -0.1) is 0 Å². The molecule has 74 valence electrons. The maximum atomic E-state index is 10.1. The minimum Gasteiger partial charge on any atom is -0.303 e. The molecular formula is C13H16O. The monoisotopic (exact) mass is 188 g/mol. The number of carbonyl (C=O) groups excluding carboxylic acids is 1. The van der Waals surface area contributed by atoms with Crippen molar-refractivity contribution in [2.75, 3.05) is 0 Å². The number of hydrogen-bond donors (Lipinski definition) is 0. The molecule has 0 saturated heterocycles. The first kappa shape index (κ1) is 10.7. The van der Waals surface area contributed by atoms with Crippen LogP contribution in [0.1, 0.15) is 29.5 Å². The van der Waals surface area contributed by atoms with Crippen molar-refractivity contribution >= 4 is 12.4 Å². The van der Waals surface area contributed by atoms with Crippen LogP contribution < -0.4 is 0 Å². The Hall–Kier alpha value is -1.37. The average Bonchev–Trinajstić information content (AvgIpc) is 2.18. The smallest absolute Gasteiger partial charge is 0.120 e. The average molecular weight is 188 g/mol. The van der Waals surface area contributed by atoms with Crippen molar-refractivity contribution in [2.24, 2.45) is 0 Å². The molecule has 0 saturated carbocycles. The number of hydrogen-bond acceptors (Lipinski definition) is 1. The summed E-state index contributed by atoms with van der Waals surface area (Å²) in [5.41, 5.74) is 3.83. The quantitative estimate of drug-likeness (QED) is 0.523. The molecule has 0 amide bonds. The summed E-state index contributed by atoms with van der Waals surface area (Å²) in [6, 6.07) is 6.38. The van der Waals surface area contributed by atoms with Crippen molar-refractivity contribution in [2.45, 2.75) is 26.7 Å². The molecule has 0 N–H and O–H groups in total. The van der Waals surface area contributed by atoms with E-state index in [0.29, 0.717) is 6.42 Å². The van der Waals surface area contributed by atoms with Gasteiger partial charge in [0.2, 0.25) is 0 Å². The summed E-state index contributed by atoms with van der Waals surface area (Å²) >= 11 is 0. The zero-order valence-electron chi connectivity index (χ0n) is 8.79. The van der Waals surface area contributed by atoms with E-state index in [2.05, 4.69) is 38.1 Å². The van der Waals surface area contributed by atoms with Crippen LogP contribution in [0.3, 0.4) is 0 Å². The zero-order valence-corrected chi connectivity index (χ0v) is 8.79. The van der Waals surface area contributed by atoms with Gasteiger partial charge in [0, 0.05) is 6.42 Å². The van der Waals surface area contributed by atoms with Gasteiger partial charge >= 0.3 is 0 Å². The van der Waals surface area contributed by atoms with Crippen LogP contribution >= 0.6 is 0 Å². The highest BCUT2D eigenvalue weighted by Crippen LogP contribution is 2.11. The first-order chi connectivity index (χ1) is 6.74. The molecule has 0 aliphatic heterocycles. The number of aryl methyl sites for hydroxylation is 2. The summed E-state index contributed by atoms with van der Waals surface area (Å²) in [4.78, 5) is 10.1. The van der Waals surface area contributed by atoms with Gasteiger partial charge in [-0.1, -0.05) is 30.4 Å². The number of allylic oxidation sites excluding steroid dienone is 1. The predicted molar refractivity (Wildman–Crippen MR) is 60.2 cm³/mol. The van der Waals surface area contributed by atoms with Crippen LogP contribution in [-0.2, 0) is 4.79 Å². The fourth-order valence-electron chi connectivity index (χ4n) is 1.25. The summed E-state index contributed by atoms with van der Waals surface area (Å²) < 4.78 is 0. The second-order valence-corrected chi connectivity index (χ2v) is 3.49. The van der Waals surface area contributed by atoms with Crippen LogP contribution in [0.5, 0.6) is 0 Å². The minimum atomic E-state index is 0.612. The molecule has 0 bridgehead atoms. The Bertz CT molecular complexity index is 337. The second kappa shape index (κ2) is 5.38. The van der Waals surface area contributed by atoms with Gasteiger partial charge in [0.05, 0.1) is 0 Å². The number of aldehydes is 1. The molecule has 0 heterocycles. The lowest BCUT2D eigenvalue weighted by atomic mass is 10.1. The van der Waals surface area contributed by atoms with E-state index in [4.69, 9.17) is 0 Å². The van der Waals surface area contributed by atoms with Crippen LogP contribution in [-0.4, -0.2) is 6.29 Å². The van der Waals surface area contributed by atoms with Crippen molar-refractivity contribution in [1.82, 2.24) is 0 Å². The highest BCUT2D eigenvalue weighted by atomic mass is 16.1. The Morgan fingerprint density at radius 1 is 1.14 bits per heavy atom. The van der Waals surface area contributed by atoms with Crippen molar-refractivity contribution < 1.29 is 4.79 Å². The van der Waals surface area contributed by atoms with Crippen LogP contribution in [0.25, 0.3) is 6.08 Å². The number of rotatable bonds is 4. The lowest BCUT2D eigenvalue weighted by molar-refractivity contribution is -0.107. The third-order valence-electron chi connectivity index (χ3n) is 2.29. The SMILES string of the molecule is Cc1ccc(C=CCCC=O)cc1C. The van der Waals surface area contributed by atoms with Gasteiger partial charge in [0.1, 0.15) is 6.29 Å². The summed E-state index contributed by atoms with van der Waals surface area (Å²) in [6.07, 6.45) is 6.50. The standard InChI is InChI=1S/C13H16O/c1-11-7-8-13(10-12(11)2)6-4-3-5-9-14/h4,6-10H,3,5H2,1-2H3. The third-order valence-corrected chi connectivity index (χ3v) is 2.29. The Labute approximate surface area is 85.5 Å². The lowest BCUT2D eigenvalue weighted by Gasteiger charge is -2.00. The fraction of sp³-hybridized carbons (Fsp3) is 0.308. The van der Waals surface area contributed by atoms with Gasteiger partial charge in [-0.2, -0.15) is 0 Å². The molecule has 0 aliphatic rings. The topological polar surface area (TPSA) is 17.1 Å². The molecule has 1 rings (SSSR count). The van der Waals surface area contributed by atoms with E-state index in [1.54, 1.807) is 0 Å². The van der Waals surface area contributed by atoms with Crippen molar-refractivity contribution in [3.8, 4) is 0 Å². The molecular weight excluding hydrogens is 172 g/mol. The van der Waals surface area contributed by atoms with Gasteiger partial charge in [0.15, 0.2) is 0 Å². The molecule has 14 heavy (non-hydrogen) atoms. The number of unbranched alkanes of at least 4 members (excludes halogenated alkanes) is 1. The molecule has 1 heteroatoms. The van der Waals surface area contributed by atoms with Gasteiger partial charge in [-0.05, 0) is 37.0 Å². The predicted octanol–water partition coefficient (Wildman–Crippen LogP) is 3.30. The Morgan fingerprint density at radius 3 is 2.57 bits per heavy atom. The molecule has 0 aliphatic carbocycles. The van der Waals surface area contributed by atoms with Crippen molar-refractivity contribution in [3.63, 3.8) is 0 Å². The normalized spacial score (nSPS) is 10.7. The summed E-state index contributed by atoms with van der Waals surface area (Å²) in [6.45, 7) is 4.22. The second-order valence-electron chi connectivity index (χ2n) is 3.49. The van der Waals surface area contributed by atoms with Crippen LogP contribution in [0, 0.1) is 13.8 Å².